The molecule has 0 radical (unpaired) electrons. The average molecular weight is 412 g/mol. The summed E-state index contributed by atoms with van der Waals surface area (Å²) in [5, 5.41) is 0. The molecule has 1 amide bonds. The van der Waals surface area contributed by atoms with Crippen molar-refractivity contribution in [1.82, 2.24) is 9.55 Å². The number of nitrogens with zero attached hydrogens (tertiary/aromatic N) is 3. The fourth-order valence-electron chi connectivity index (χ4n) is 4.60. The van der Waals surface area contributed by atoms with E-state index in [1.807, 2.05) is 53.4 Å². The van der Waals surface area contributed by atoms with Gasteiger partial charge in [0.25, 0.3) is 0 Å². The Morgan fingerprint density at radius 1 is 0.968 bits per heavy atom. The number of benzene rings is 3. The first-order valence-corrected chi connectivity index (χ1v) is 10.6. The molecule has 5 heteroatoms. The number of imidazole rings is 1. The Kier molecular flexibility index (Phi) is 4.94. The van der Waals surface area contributed by atoms with Gasteiger partial charge in [0.05, 0.1) is 29.9 Å². The number of hydrogen-bond donors (Lipinski definition) is 0. The summed E-state index contributed by atoms with van der Waals surface area (Å²) in [6.45, 7) is 2.78. The molecule has 0 unspecified atom stereocenters. The van der Waals surface area contributed by atoms with Crippen LogP contribution in [0, 0.1) is 0 Å². The predicted octanol–water partition coefficient (Wildman–Crippen LogP) is 5.17. The minimum absolute atomic E-state index is 0.0102. The third-order valence-corrected chi connectivity index (χ3v) is 6.16. The second-order valence-electron chi connectivity index (χ2n) is 7.99. The van der Waals surface area contributed by atoms with E-state index in [-0.39, 0.29) is 17.9 Å². The zero-order valence-corrected chi connectivity index (χ0v) is 17.7. The van der Waals surface area contributed by atoms with Crippen molar-refractivity contribution < 1.29 is 9.53 Å². The highest BCUT2D eigenvalue weighted by Gasteiger charge is 2.36. The molecule has 2 atom stereocenters. The zero-order chi connectivity index (χ0) is 21.4. The summed E-state index contributed by atoms with van der Waals surface area (Å²) in [6, 6.07) is 26.4. The van der Waals surface area contributed by atoms with Gasteiger partial charge >= 0.3 is 0 Å². The Labute approximate surface area is 181 Å². The van der Waals surface area contributed by atoms with Crippen LogP contribution in [0.1, 0.15) is 36.7 Å². The first-order valence-electron chi connectivity index (χ1n) is 10.6. The third-order valence-electron chi connectivity index (χ3n) is 6.16. The lowest BCUT2D eigenvalue weighted by Crippen LogP contribution is -2.25. The van der Waals surface area contributed by atoms with Gasteiger partial charge in [-0.1, -0.05) is 54.6 Å². The van der Waals surface area contributed by atoms with Crippen molar-refractivity contribution in [2.45, 2.75) is 25.3 Å². The molecule has 0 saturated carbocycles. The summed E-state index contributed by atoms with van der Waals surface area (Å²) >= 11 is 0. The van der Waals surface area contributed by atoms with Gasteiger partial charge < -0.3 is 14.2 Å². The van der Waals surface area contributed by atoms with E-state index in [2.05, 4.69) is 41.8 Å². The van der Waals surface area contributed by atoms with E-state index in [0.717, 1.165) is 22.5 Å². The van der Waals surface area contributed by atoms with E-state index >= 15 is 0 Å². The van der Waals surface area contributed by atoms with Gasteiger partial charge in [0.1, 0.15) is 11.6 Å². The number of carbonyl (C=O) groups is 1. The largest absolute Gasteiger partial charge is 0.495 e. The summed E-state index contributed by atoms with van der Waals surface area (Å²) in [5.74, 6) is 1.78. The fraction of sp³-hybridized carbons (Fsp3) is 0.231. The minimum Gasteiger partial charge on any atom is -0.495 e. The number of hydrogen-bond acceptors (Lipinski definition) is 3. The van der Waals surface area contributed by atoms with Gasteiger partial charge in [-0.3, -0.25) is 4.79 Å². The number of methoxy groups -OCH3 is 1. The van der Waals surface area contributed by atoms with Crippen LogP contribution in [0.15, 0.2) is 78.9 Å². The standard InChI is InChI=1S/C26H25N3O2/c1-18(19-10-4-3-5-11-19)29-22-13-7-6-12-21(22)27-26(29)20-16-25(30)28(17-20)23-14-8-9-15-24(23)31-2/h3-15,18,20H,16-17H2,1-2H3/t18-,20-/m0/s1. The Morgan fingerprint density at radius 2 is 1.68 bits per heavy atom. The van der Waals surface area contributed by atoms with Crippen molar-refractivity contribution in [3.05, 3.63) is 90.3 Å². The fourth-order valence-corrected chi connectivity index (χ4v) is 4.60. The number of rotatable bonds is 5. The van der Waals surface area contributed by atoms with Crippen LogP contribution in [0.4, 0.5) is 5.69 Å². The summed E-state index contributed by atoms with van der Waals surface area (Å²) in [7, 11) is 1.64. The van der Waals surface area contributed by atoms with Gasteiger partial charge in [0.2, 0.25) is 5.91 Å². The first kappa shape index (κ1) is 19.4. The van der Waals surface area contributed by atoms with Crippen LogP contribution in [-0.4, -0.2) is 29.1 Å². The molecule has 1 aliphatic rings. The third kappa shape index (κ3) is 3.36. The van der Waals surface area contributed by atoms with Crippen molar-refractivity contribution in [1.29, 1.82) is 0 Å². The lowest BCUT2D eigenvalue weighted by molar-refractivity contribution is -0.117. The first-order chi connectivity index (χ1) is 15.2. The number of amides is 1. The van der Waals surface area contributed by atoms with Crippen LogP contribution in [-0.2, 0) is 4.79 Å². The van der Waals surface area contributed by atoms with Crippen molar-refractivity contribution in [2.75, 3.05) is 18.6 Å². The van der Waals surface area contributed by atoms with Crippen molar-refractivity contribution in [3.8, 4) is 5.75 Å². The molecule has 2 heterocycles. The molecule has 1 saturated heterocycles. The maximum atomic E-state index is 13.0. The van der Waals surface area contributed by atoms with Crippen LogP contribution in [0.2, 0.25) is 0 Å². The van der Waals surface area contributed by atoms with Crippen molar-refractivity contribution in [3.63, 3.8) is 0 Å². The van der Waals surface area contributed by atoms with Gasteiger partial charge in [-0.05, 0) is 36.8 Å². The summed E-state index contributed by atoms with van der Waals surface area (Å²) in [5.41, 5.74) is 4.09. The number of carbonyl (C=O) groups excluding carboxylic acids is 1. The molecule has 0 N–H and O–H groups in total. The SMILES string of the molecule is COc1ccccc1N1C[C@@H](c2nc3ccccc3n2[C@@H](C)c2ccccc2)CC1=O. The highest BCUT2D eigenvalue weighted by atomic mass is 16.5. The Hall–Kier alpha value is -3.60. The predicted molar refractivity (Wildman–Crippen MR) is 123 cm³/mol. The lowest BCUT2D eigenvalue weighted by Gasteiger charge is -2.22. The highest BCUT2D eigenvalue weighted by molar-refractivity contribution is 5.97. The molecule has 156 valence electrons. The van der Waals surface area contributed by atoms with Crippen LogP contribution in [0.5, 0.6) is 5.75 Å². The average Bonchev–Trinajstić information content (AvgIpc) is 3.39. The molecule has 0 aliphatic carbocycles. The maximum Gasteiger partial charge on any atom is 0.227 e. The molecule has 1 aromatic heterocycles. The number of para-hydroxylation sites is 4. The normalized spacial score (nSPS) is 17.3. The molecule has 4 aromatic rings. The van der Waals surface area contributed by atoms with Crippen LogP contribution in [0.25, 0.3) is 11.0 Å². The van der Waals surface area contributed by atoms with E-state index in [1.165, 1.54) is 5.56 Å². The van der Waals surface area contributed by atoms with E-state index in [1.54, 1.807) is 7.11 Å². The van der Waals surface area contributed by atoms with Crippen LogP contribution >= 0.6 is 0 Å². The van der Waals surface area contributed by atoms with E-state index < -0.39 is 0 Å². The molecule has 5 rings (SSSR count). The molecule has 31 heavy (non-hydrogen) atoms. The maximum absolute atomic E-state index is 13.0. The van der Waals surface area contributed by atoms with E-state index in [0.29, 0.717) is 18.7 Å². The monoisotopic (exact) mass is 411 g/mol. The molecule has 1 fully saturated rings. The topological polar surface area (TPSA) is 47.4 Å². The summed E-state index contributed by atoms with van der Waals surface area (Å²) in [4.78, 5) is 19.9. The Balaban J connectivity index is 1.57. The quantitative estimate of drug-likeness (QED) is 0.455. The van der Waals surface area contributed by atoms with Crippen LogP contribution < -0.4 is 9.64 Å². The van der Waals surface area contributed by atoms with Crippen molar-refractivity contribution in [2.24, 2.45) is 0 Å². The summed E-state index contributed by atoms with van der Waals surface area (Å²) < 4.78 is 7.80. The van der Waals surface area contributed by atoms with E-state index in [9.17, 15) is 4.79 Å². The van der Waals surface area contributed by atoms with E-state index in [4.69, 9.17) is 9.72 Å². The number of fused-ring (bicyclic) bond motifs is 1. The molecule has 5 nitrogen and oxygen atoms in total. The van der Waals surface area contributed by atoms with Gasteiger partial charge in [-0.15, -0.1) is 0 Å². The minimum atomic E-state index is 0.0102. The molecule has 1 aliphatic heterocycles. The second kappa shape index (κ2) is 7.91. The van der Waals surface area contributed by atoms with Gasteiger partial charge in [0.15, 0.2) is 0 Å². The zero-order valence-electron chi connectivity index (χ0n) is 17.7. The molecule has 3 aromatic carbocycles. The van der Waals surface area contributed by atoms with Crippen molar-refractivity contribution >= 4 is 22.6 Å². The molecular weight excluding hydrogens is 386 g/mol. The van der Waals surface area contributed by atoms with Crippen LogP contribution in [0.3, 0.4) is 0 Å². The Bertz CT molecular complexity index is 1230. The second-order valence-corrected chi connectivity index (χ2v) is 7.99. The number of aromatic nitrogens is 2. The number of ether oxygens (including phenoxy) is 1. The lowest BCUT2D eigenvalue weighted by atomic mass is 10.0. The molecular formula is C26H25N3O2. The molecule has 0 spiro atoms. The Morgan fingerprint density at radius 3 is 2.48 bits per heavy atom. The highest BCUT2D eigenvalue weighted by Crippen LogP contribution is 2.38. The van der Waals surface area contributed by atoms with Gasteiger partial charge in [0, 0.05) is 18.9 Å². The number of anilines is 1. The smallest absolute Gasteiger partial charge is 0.227 e. The molecule has 0 bridgehead atoms. The summed E-state index contributed by atoms with van der Waals surface area (Å²) in [6.07, 6.45) is 0.433. The van der Waals surface area contributed by atoms with Gasteiger partial charge in [-0.2, -0.15) is 0 Å². The van der Waals surface area contributed by atoms with Gasteiger partial charge in [-0.25, -0.2) is 4.98 Å².